The maximum atomic E-state index is 14.0. The van der Waals surface area contributed by atoms with E-state index < -0.39 is 188 Å². The van der Waals surface area contributed by atoms with Crippen molar-refractivity contribution in [3.8, 4) is 0 Å². The van der Waals surface area contributed by atoms with Crippen LogP contribution < -0.4 is 59.3 Å². The zero-order valence-electron chi connectivity index (χ0n) is 40.7. The molecule has 1 saturated heterocycles. The molecule has 408 valence electrons. The Morgan fingerprint density at radius 2 is 1.14 bits per heavy atom. The molecule has 1 heterocycles. The van der Waals surface area contributed by atoms with Gasteiger partial charge in [-0.05, 0) is 51.3 Å². The number of aliphatic carboxylic acids is 3. The average molecular weight is 1050 g/mol. The largest absolute Gasteiger partial charge is 0.481 e. The smallest absolute Gasteiger partial charge is 0.329 e. The van der Waals surface area contributed by atoms with Gasteiger partial charge in [-0.3, -0.25) is 62.3 Å². The number of hydrogen-bond donors (Lipinski definition) is 15. The van der Waals surface area contributed by atoms with Crippen LogP contribution in [0.2, 0.25) is 0 Å². The van der Waals surface area contributed by atoms with Crippen LogP contribution in [0.25, 0.3) is 0 Å². The lowest BCUT2D eigenvalue weighted by atomic mass is 9.95. The van der Waals surface area contributed by atoms with E-state index >= 15 is 0 Å². The summed E-state index contributed by atoms with van der Waals surface area (Å²) in [4.78, 5) is 183. The number of carboxylic acids is 3. The van der Waals surface area contributed by atoms with Crippen molar-refractivity contribution in [2.45, 2.75) is 115 Å². The van der Waals surface area contributed by atoms with Gasteiger partial charge >= 0.3 is 23.9 Å². The predicted molar refractivity (Wildman–Crippen MR) is 251 cm³/mol. The number of nitrogens with two attached hydrogens (primary N) is 2. The van der Waals surface area contributed by atoms with Crippen LogP contribution in [0.15, 0.2) is 24.3 Å². The van der Waals surface area contributed by atoms with Gasteiger partial charge in [0, 0.05) is 17.7 Å². The molecule has 10 atom stereocenters. The van der Waals surface area contributed by atoms with E-state index in [1.165, 1.54) is 45.0 Å². The van der Waals surface area contributed by atoms with Crippen LogP contribution in [-0.4, -0.2) is 178 Å². The summed E-state index contributed by atoms with van der Waals surface area (Å²) in [5, 5.41) is 58.2. The second kappa shape index (κ2) is 29.9. The average Bonchev–Trinajstić information content (AvgIpc) is 3.32. The van der Waals surface area contributed by atoms with E-state index in [1.807, 2.05) is 10.6 Å². The first-order chi connectivity index (χ1) is 34.7. The van der Waals surface area contributed by atoms with Gasteiger partial charge < -0.3 is 84.5 Å². The molecule has 17 N–H and O–H groups in total. The highest BCUT2D eigenvalue weighted by Crippen LogP contribution is 2.18. The Kier molecular flexibility index (Phi) is 25.0. The van der Waals surface area contributed by atoms with Crippen LogP contribution in [0.1, 0.15) is 76.6 Å². The molecular formula is C44H63N11O19. The molecule has 2 rings (SSSR count). The number of carbonyl (C=O) groups is 14. The number of nitrogen functional groups attached to an aromatic ring is 1. The number of nitrogens with one attached hydrogen (secondary N) is 9. The number of anilines is 1. The number of hydrogen-bond acceptors (Lipinski definition) is 18. The highest BCUT2D eigenvalue weighted by molar-refractivity contribution is 6.04. The number of carbonyl (C=O) groups excluding carboxylic acids is 11. The number of carboxylic acid groups (broad SMARTS) is 3. The number of Topliss-reactive ketones (excluding diaryl/α,β-unsaturated/α-hetero) is 1. The second-order valence-electron chi connectivity index (χ2n) is 17.1. The van der Waals surface area contributed by atoms with Crippen LogP contribution >= 0.6 is 0 Å². The molecule has 1 aliphatic heterocycles. The maximum Gasteiger partial charge on any atom is 0.329 e. The molecule has 0 bridgehead atoms. The summed E-state index contributed by atoms with van der Waals surface area (Å²) in [6.45, 7) is 1.71. The Labute approximate surface area is 421 Å². The molecule has 0 aliphatic carbocycles. The Morgan fingerprint density at radius 3 is 1.69 bits per heavy atom. The quantitative estimate of drug-likeness (QED) is 0.0468. The number of benzene rings is 1. The third-order valence-electron chi connectivity index (χ3n) is 11.1. The fourth-order valence-electron chi connectivity index (χ4n) is 6.81. The second-order valence-corrected chi connectivity index (χ2v) is 17.1. The first kappa shape index (κ1) is 61.8. The number of esters is 1. The first-order valence-electron chi connectivity index (χ1n) is 22.9. The standard InChI is InChI=1S/C44H63N11O19/c1-19(12-33(60)61)36-43(72)54-28(13-30(57)23-8-5-6-9-24(23)46)44(73)74-22(4)20(2)37(66)47-16-31(58)50-25(10-7-11-45)40(69)53-27(15-35(64)65)41(70)49-21(3)38(67)52-26(14-34(62)63)39(68)48-17-32(59)51-29(18-56)42(71)55-36/h5-6,8-9,19-22,25-29,36,56H,7,10-18,45-46H2,1-4H3,(H,47,66)(H,48,68)(H,49,70)(H,50,58)(H,51,59)(H,52,67)(H,53,69)(H,54,72)(H,55,71)(H,60,61)(H,62,63)(H,64,65)/t19?,20-,21?,22?,25?,26?,27?,28?,29?,36?/m0/s1. The minimum absolute atomic E-state index is 0.00551. The van der Waals surface area contributed by atoms with Crippen molar-refractivity contribution >= 4 is 88.5 Å². The Morgan fingerprint density at radius 1 is 0.622 bits per heavy atom. The number of ether oxygens (including phenoxy) is 1. The van der Waals surface area contributed by atoms with E-state index in [2.05, 4.69) is 37.2 Å². The maximum absolute atomic E-state index is 14.0. The fraction of sp³-hybridized carbons (Fsp3) is 0.545. The fourth-order valence-corrected chi connectivity index (χ4v) is 6.81. The topological polar surface area (TPSA) is 489 Å². The molecule has 30 nitrogen and oxygen atoms in total. The number of aliphatic hydroxyl groups excluding tert-OH is 1. The Balaban J connectivity index is 2.65. The van der Waals surface area contributed by atoms with Crippen LogP contribution in [0, 0.1) is 11.8 Å². The van der Waals surface area contributed by atoms with Crippen molar-refractivity contribution in [3.05, 3.63) is 29.8 Å². The zero-order chi connectivity index (χ0) is 56.0. The Hall–Kier alpha value is -8.28. The van der Waals surface area contributed by atoms with Gasteiger partial charge in [0.05, 0.1) is 44.9 Å². The van der Waals surface area contributed by atoms with Gasteiger partial charge in [0.2, 0.25) is 53.2 Å². The number of ketones is 1. The van der Waals surface area contributed by atoms with Crippen molar-refractivity contribution in [2.75, 3.05) is 32.0 Å². The van der Waals surface area contributed by atoms with Gasteiger partial charge in [0.25, 0.3) is 0 Å². The van der Waals surface area contributed by atoms with Crippen molar-refractivity contribution in [2.24, 2.45) is 17.6 Å². The van der Waals surface area contributed by atoms with E-state index in [-0.39, 0.29) is 30.6 Å². The molecule has 0 spiro atoms. The van der Waals surface area contributed by atoms with Gasteiger partial charge in [-0.15, -0.1) is 0 Å². The molecule has 0 saturated carbocycles. The van der Waals surface area contributed by atoms with E-state index in [1.54, 1.807) is 0 Å². The number of cyclic esters (lactones) is 1. The number of para-hydroxylation sites is 1. The van der Waals surface area contributed by atoms with Crippen molar-refractivity contribution in [1.29, 1.82) is 0 Å². The third-order valence-corrected chi connectivity index (χ3v) is 11.1. The van der Waals surface area contributed by atoms with E-state index in [4.69, 9.17) is 16.2 Å². The summed E-state index contributed by atoms with van der Waals surface area (Å²) in [6, 6.07) is -7.16. The summed E-state index contributed by atoms with van der Waals surface area (Å²) in [7, 11) is 0. The van der Waals surface area contributed by atoms with Crippen molar-refractivity contribution in [1.82, 2.24) is 47.9 Å². The number of amides is 9. The summed E-state index contributed by atoms with van der Waals surface area (Å²) < 4.78 is 5.51. The van der Waals surface area contributed by atoms with Gasteiger partial charge in [-0.1, -0.05) is 26.0 Å². The lowest BCUT2D eigenvalue weighted by Gasteiger charge is -2.28. The lowest BCUT2D eigenvalue weighted by molar-refractivity contribution is -0.156. The van der Waals surface area contributed by atoms with Crippen LogP contribution in [0.3, 0.4) is 0 Å². The van der Waals surface area contributed by atoms with E-state index in [9.17, 15) is 87.5 Å². The van der Waals surface area contributed by atoms with Gasteiger partial charge in [-0.2, -0.15) is 0 Å². The van der Waals surface area contributed by atoms with Crippen LogP contribution in [0.5, 0.6) is 0 Å². The summed E-state index contributed by atoms with van der Waals surface area (Å²) in [5.74, 6) is -20.1. The molecule has 1 aromatic rings. The van der Waals surface area contributed by atoms with Crippen molar-refractivity contribution < 1.29 is 92.3 Å². The molecule has 1 aromatic carbocycles. The van der Waals surface area contributed by atoms with E-state index in [0.717, 1.165) is 6.92 Å². The predicted octanol–water partition coefficient (Wildman–Crippen LogP) is -6.14. The minimum atomic E-state index is -1.96. The summed E-state index contributed by atoms with van der Waals surface area (Å²) >= 11 is 0. The zero-order valence-corrected chi connectivity index (χ0v) is 40.7. The van der Waals surface area contributed by atoms with Crippen molar-refractivity contribution in [3.63, 3.8) is 0 Å². The Bertz CT molecular complexity index is 2300. The number of rotatable bonds is 14. The van der Waals surface area contributed by atoms with Gasteiger partial charge in [0.15, 0.2) is 5.78 Å². The molecule has 9 unspecified atom stereocenters. The molecule has 1 aliphatic rings. The third kappa shape index (κ3) is 20.4. The molecule has 30 heteroatoms. The SMILES string of the molecule is CC1NC(=O)C(CC(=O)O)NC(=O)C(CCCN)NC(=O)CNC(=O)[C@@H](C)C(C)OC(=O)C(CC(=O)c2ccccc2N)NC(=O)C(C(C)CC(=O)O)NC(=O)C(CO)NC(=O)CNC(=O)C(CC(=O)O)NC1=O. The minimum Gasteiger partial charge on any atom is -0.481 e. The summed E-state index contributed by atoms with van der Waals surface area (Å²) in [6.07, 6.45) is -5.31. The lowest BCUT2D eigenvalue weighted by Crippen LogP contribution is -2.60. The van der Waals surface area contributed by atoms with Crippen LogP contribution in [0.4, 0.5) is 5.69 Å². The highest BCUT2D eigenvalue weighted by atomic mass is 16.5. The first-order valence-corrected chi connectivity index (χ1v) is 22.9. The van der Waals surface area contributed by atoms with Crippen LogP contribution in [-0.2, 0) is 67.1 Å². The molecular weight excluding hydrogens is 987 g/mol. The molecule has 74 heavy (non-hydrogen) atoms. The molecule has 0 aromatic heterocycles. The van der Waals surface area contributed by atoms with E-state index in [0.29, 0.717) is 0 Å². The highest BCUT2D eigenvalue weighted by Gasteiger charge is 2.37. The normalized spacial score (nSPS) is 25.5. The summed E-state index contributed by atoms with van der Waals surface area (Å²) in [5.41, 5.74) is 11.5. The molecule has 0 radical (unpaired) electrons. The monoisotopic (exact) mass is 1050 g/mol. The molecule has 1 fully saturated rings. The van der Waals surface area contributed by atoms with Gasteiger partial charge in [0.1, 0.15) is 48.4 Å². The van der Waals surface area contributed by atoms with Gasteiger partial charge in [-0.25, -0.2) is 4.79 Å². The molecule has 9 amide bonds. The number of aliphatic hydroxyl groups is 1.